The van der Waals surface area contributed by atoms with Crippen molar-refractivity contribution in [2.75, 3.05) is 26.7 Å². The van der Waals surface area contributed by atoms with Crippen LogP contribution >= 0.6 is 0 Å². The zero-order chi connectivity index (χ0) is 23.4. The summed E-state index contributed by atoms with van der Waals surface area (Å²) in [5.74, 6) is 0.242. The Kier molecular flexibility index (Phi) is 6.72. The number of piperazine rings is 1. The largest absolute Gasteiger partial charge is 0.497 e. The lowest BCUT2D eigenvalue weighted by Crippen LogP contribution is -2.60. The van der Waals surface area contributed by atoms with Gasteiger partial charge in [-0.2, -0.15) is 5.10 Å². The van der Waals surface area contributed by atoms with Gasteiger partial charge in [0.15, 0.2) is 0 Å². The number of hydrogen-bond donors (Lipinski definition) is 1. The van der Waals surface area contributed by atoms with Crippen molar-refractivity contribution in [3.05, 3.63) is 54.1 Å². The van der Waals surface area contributed by atoms with Crippen LogP contribution in [-0.2, 0) is 20.8 Å². The van der Waals surface area contributed by atoms with Crippen LogP contribution in [-0.4, -0.2) is 66.0 Å². The quantitative estimate of drug-likeness (QED) is 0.734. The fraction of sp³-hybridized carbons (Fsp3) is 0.360. The summed E-state index contributed by atoms with van der Waals surface area (Å²) in [6.07, 6.45) is 0.916. The van der Waals surface area contributed by atoms with E-state index in [2.05, 4.69) is 16.6 Å². The maximum atomic E-state index is 13.2. The molecule has 2 heterocycles. The van der Waals surface area contributed by atoms with Crippen LogP contribution in [0.3, 0.4) is 0 Å². The number of carbonyl (C=O) groups is 3. The molecule has 2 aliphatic rings. The highest BCUT2D eigenvalue weighted by Gasteiger charge is 2.38. The van der Waals surface area contributed by atoms with Gasteiger partial charge in [-0.05, 0) is 35.7 Å². The van der Waals surface area contributed by atoms with E-state index in [1.54, 1.807) is 16.9 Å². The van der Waals surface area contributed by atoms with E-state index in [0.29, 0.717) is 31.8 Å². The normalized spacial score (nSPS) is 18.6. The van der Waals surface area contributed by atoms with E-state index < -0.39 is 6.04 Å². The second-order valence-corrected chi connectivity index (χ2v) is 8.16. The molecule has 0 bridgehead atoms. The van der Waals surface area contributed by atoms with E-state index in [1.165, 1.54) is 0 Å². The summed E-state index contributed by atoms with van der Waals surface area (Å²) in [6, 6.07) is 15.2. The number of nitrogens with zero attached hydrogens (tertiary/aromatic N) is 3. The second kappa shape index (κ2) is 9.85. The van der Waals surface area contributed by atoms with Gasteiger partial charge in [-0.1, -0.05) is 36.4 Å². The number of nitrogens with one attached hydrogen (secondary N) is 1. The Bertz CT molecular complexity index is 1080. The predicted octanol–water partition coefficient (Wildman–Crippen LogP) is 2.23. The molecule has 0 aromatic heterocycles. The molecule has 0 saturated carbocycles. The number of likely N-dealkylation sites (N-methyl/N-ethyl adjacent to an activating group) is 1. The molecule has 1 atom stereocenters. The van der Waals surface area contributed by atoms with Gasteiger partial charge < -0.3 is 14.5 Å². The number of hydrogen-bond acceptors (Lipinski definition) is 5. The van der Waals surface area contributed by atoms with Crippen molar-refractivity contribution in [2.24, 2.45) is 5.10 Å². The van der Waals surface area contributed by atoms with E-state index >= 15 is 0 Å². The van der Waals surface area contributed by atoms with Gasteiger partial charge in [-0.15, -0.1) is 0 Å². The standard InChI is InChI=1S/C25H28N4O4/c1-3-28-13-14-29(24(31)21-11-12-23(30)27-26-21)22(25(28)32)16-17-5-4-6-19(15-17)18-7-9-20(33-2)10-8-18/h4-10,15,22H,3,11-14,16H2,1-2H3,(H,27,30)/t22-/m1/s1. The maximum absolute atomic E-state index is 13.2. The first-order valence-electron chi connectivity index (χ1n) is 11.2. The molecule has 1 fully saturated rings. The second-order valence-electron chi connectivity index (χ2n) is 8.16. The minimum atomic E-state index is -0.613. The third kappa shape index (κ3) is 4.89. The number of methoxy groups -OCH3 is 1. The van der Waals surface area contributed by atoms with Crippen molar-refractivity contribution in [1.82, 2.24) is 15.2 Å². The van der Waals surface area contributed by atoms with Crippen LogP contribution in [0.2, 0.25) is 0 Å². The zero-order valence-corrected chi connectivity index (χ0v) is 18.9. The lowest BCUT2D eigenvalue weighted by atomic mass is 9.96. The lowest BCUT2D eigenvalue weighted by Gasteiger charge is -2.40. The number of carbonyl (C=O) groups excluding carboxylic acids is 3. The third-order valence-corrected chi connectivity index (χ3v) is 6.16. The Morgan fingerprint density at radius 3 is 2.55 bits per heavy atom. The number of benzene rings is 2. The van der Waals surface area contributed by atoms with Gasteiger partial charge in [0.1, 0.15) is 17.5 Å². The third-order valence-electron chi connectivity index (χ3n) is 6.16. The number of hydrazone groups is 1. The number of ether oxygens (including phenoxy) is 1. The lowest BCUT2D eigenvalue weighted by molar-refractivity contribution is -0.148. The first-order chi connectivity index (χ1) is 16.0. The zero-order valence-electron chi connectivity index (χ0n) is 18.9. The highest BCUT2D eigenvalue weighted by atomic mass is 16.5. The van der Waals surface area contributed by atoms with Crippen molar-refractivity contribution >= 4 is 23.4 Å². The van der Waals surface area contributed by atoms with Crippen molar-refractivity contribution < 1.29 is 19.1 Å². The summed E-state index contributed by atoms with van der Waals surface area (Å²) in [5, 5.41) is 3.95. The van der Waals surface area contributed by atoms with Gasteiger partial charge in [-0.3, -0.25) is 14.4 Å². The van der Waals surface area contributed by atoms with Gasteiger partial charge in [0, 0.05) is 38.9 Å². The summed E-state index contributed by atoms with van der Waals surface area (Å²) in [4.78, 5) is 41.3. The van der Waals surface area contributed by atoms with Gasteiger partial charge >= 0.3 is 0 Å². The van der Waals surface area contributed by atoms with Gasteiger partial charge in [0.2, 0.25) is 11.8 Å². The van der Waals surface area contributed by atoms with Crippen LogP contribution in [0, 0.1) is 0 Å². The first kappa shape index (κ1) is 22.5. The summed E-state index contributed by atoms with van der Waals surface area (Å²) in [7, 11) is 1.64. The molecule has 2 aromatic rings. The van der Waals surface area contributed by atoms with Gasteiger partial charge in [0.25, 0.3) is 5.91 Å². The first-order valence-corrected chi connectivity index (χ1v) is 11.2. The van der Waals surface area contributed by atoms with Gasteiger partial charge in [-0.25, -0.2) is 5.43 Å². The van der Waals surface area contributed by atoms with E-state index in [1.807, 2.05) is 49.4 Å². The SMILES string of the molecule is CCN1CCN(C(=O)C2=NNC(=O)CC2)[C@H](Cc2cccc(-c3ccc(OC)cc3)c2)C1=O. The van der Waals surface area contributed by atoms with Crippen LogP contribution in [0.1, 0.15) is 25.3 Å². The van der Waals surface area contributed by atoms with E-state index in [0.717, 1.165) is 22.4 Å². The molecule has 4 rings (SSSR count). The Labute approximate surface area is 193 Å². The van der Waals surface area contributed by atoms with Crippen LogP contribution in [0.5, 0.6) is 5.75 Å². The Hall–Kier alpha value is -3.68. The Morgan fingerprint density at radius 2 is 1.88 bits per heavy atom. The molecule has 0 spiro atoms. The summed E-state index contributed by atoms with van der Waals surface area (Å²) in [5.41, 5.74) is 5.72. The van der Waals surface area contributed by atoms with E-state index in [-0.39, 0.29) is 30.6 Å². The predicted molar refractivity (Wildman–Crippen MR) is 125 cm³/mol. The molecule has 0 radical (unpaired) electrons. The number of amides is 3. The van der Waals surface area contributed by atoms with Crippen molar-refractivity contribution in [3.8, 4) is 16.9 Å². The van der Waals surface area contributed by atoms with E-state index in [4.69, 9.17) is 4.74 Å². The summed E-state index contributed by atoms with van der Waals surface area (Å²) in [6.45, 7) is 3.47. The monoisotopic (exact) mass is 448 g/mol. The number of rotatable bonds is 6. The molecule has 2 aromatic carbocycles. The van der Waals surface area contributed by atoms with Crippen LogP contribution in [0.4, 0.5) is 0 Å². The Balaban J connectivity index is 1.59. The molecule has 1 N–H and O–H groups in total. The smallest absolute Gasteiger partial charge is 0.270 e. The van der Waals surface area contributed by atoms with Crippen molar-refractivity contribution in [3.63, 3.8) is 0 Å². The molecule has 172 valence electrons. The van der Waals surface area contributed by atoms with Crippen LogP contribution < -0.4 is 10.2 Å². The molecule has 1 saturated heterocycles. The van der Waals surface area contributed by atoms with Crippen molar-refractivity contribution in [2.45, 2.75) is 32.2 Å². The average Bonchev–Trinajstić information content (AvgIpc) is 2.85. The highest BCUT2D eigenvalue weighted by Crippen LogP contribution is 2.25. The molecule has 0 aliphatic carbocycles. The topological polar surface area (TPSA) is 91.3 Å². The molecular formula is C25H28N4O4. The molecule has 2 aliphatic heterocycles. The van der Waals surface area contributed by atoms with Crippen LogP contribution in [0.15, 0.2) is 53.6 Å². The molecule has 0 unspecified atom stereocenters. The maximum Gasteiger partial charge on any atom is 0.270 e. The summed E-state index contributed by atoms with van der Waals surface area (Å²) >= 11 is 0. The molecule has 8 heteroatoms. The summed E-state index contributed by atoms with van der Waals surface area (Å²) < 4.78 is 5.24. The molecule has 8 nitrogen and oxygen atoms in total. The highest BCUT2D eigenvalue weighted by molar-refractivity contribution is 6.39. The minimum absolute atomic E-state index is 0.0626. The van der Waals surface area contributed by atoms with Crippen molar-refractivity contribution in [1.29, 1.82) is 0 Å². The molecule has 33 heavy (non-hydrogen) atoms. The molecular weight excluding hydrogens is 420 g/mol. The fourth-order valence-corrected chi connectivity index (χ4v) is 4.27. The van der Waals surface area contributed by atoms with Crippen LogP contribution in [0.25, 0.3) is 11.1 Å². The average molecular weight is 449 g/mol. The van der Waals surface area contributed by atoms with Gasteiger partial charge in [0.05, 0.1) is 7.11 Å². The minimum Gasteiger partial charge on any atom is -0.497 e. The molecule has 3 amide bonds. The van der Waals surface area contributed by atoms with E-state index in [9.17, 15) is 14.4 Å². The fourth-order valence-electron chi connectivity index (χ4n) is 4.27. The Morgan fingerprint density at radius 1 is 1.09 bits per heavy atom.